The molecule has 4 N–H and O–H groups in total. The van der Waals surface area contributed by atoms with Crippen LogP contribution in [0.15, 0.2) is 30.5 Å². The Morgan fingerprint density at radius 3 is 2.46 bits per heavy atom. The molecular formula is C27H27N3O7. The van der Waals surface area contributed by atoms with Gasteiger partial charge in [0, 0.05) is 17.7 Å². The van der Waals surface area contributed by atoms with Crippen molar-refractivity contribution in [3.8, 4) is 17.0 Å². The first-order chi connectivity index (χ1) is 17.4. The number of likely N-dealkylation sites (N-methyl/N-ethyl adjacent to an activating group) is 1. The molecule has 6 atom stereocenters. The number of rotatable bonds is 3. The van der Waals surface area contributed by atoms with Crippen LogP contribution in [0.2, 0.25) is 0 Å². The number of fused-ring (bicyclic) bond motifs is 3. The molecule has 0 aliphatic heterocycles. The molecule has 0 saturated heterocycles. The smallest absolute Gasteiger partial charge is 0.235 e. The normalized spacial score (nSPS) is 31.1. The van der Waals surface area contributed by atoms with E-state index in [0.29, 0.717) is 16.8 Å². The SMILES string of the molecule is Cc1cccnc1-c1ccc(O)c2c1C[C@@H]1C[C@@H]3[C@@H](N(C)C)C(=O)C(C(N)=O)C(=O)[C@]3(O)C(=O)C1C2=O. The first kappa shape index (κ1) is 24.9. The van der Waals surface area contributed by atoms with Gasteiger partial charge in [0.2, 0.25) is 5.91 Å². The fraction of sp³-hybridized carbons (Fsp3) is 0.407. The molecule has 2 aromatic rings. The molecule has 5 rings (SSSR count). The Morgan fingerprint density at radius 1 is 1.14 bits per heavy atom. The van der Waals surface area contributed by atoms with E-state index in [-0.39, 0.29) is 24.2 Å². The monoisotopic (exact) mass is 505 g/mol. The minimum Gasteiger partial charge on any atom is -0.507 e. The lowest BCUT2D eigenvalue weighted by atomic mass is 9.52. The van der Waals surface area contributed by atoms with E-state index >= 15 is 0 Å². The predicted octanol–water partition coefficient (Wildman–Crippen LogP) is 0.237. The highest BCUT2D eigenvalue weighted by atomic mass is 16.3. The van der Waals surface area contributed by atoms with Gasteiger partial charge < -0.3 is 15.9 Å². The standard InChI is InChI=1S/C27H27N3O7/c1-11-5-4-8-29-20(11)13-6-7-16(31)18-14(13)9-12-10-15-21(30(2)3)23(33)19(26(28)36)25(35)27(15,37)24(34)17(12)22(18)32/h4-8,12,15,17,19,21,31,37H,9-10H2,1-3H3,(H2,28,36)/t12-,15-,17?,19?,21-,27-/m1/s1. The minimum atomic E-state index is -2.73. The van der Waals surface area contributed by atoms with Crippen molar-refractivity contribution < 1.29 is 34.2 Å². The zero-order valence-corrected chi connectivity index (χ0v) is 20.6. The number of aromatic nitrogens is 1. The number of nitrogens with zero attached hydrogens (tertiary/aromatic N) is 2. The van der Waals surface area contributed by atoms with E-state index in [9.17, 15) is 34.2 Å². The third-order valence-corrected chi connectivity index (χ3v) is 8.21. The molecule has 10 nitrogen and oxygen atoms in total. The molecule has 0 spiro atoms. The third kappa shape index (κ3) is 3.32. The van der Waals surface area contributed by atoms with Crippen LogP contribution in [-0.4, -0.2) is 74.9 Å². The van der Waals surface area contributed by atoms with E-state index < -0.39 is 64.4 Å². The van der Waals surface area contributed by atoms with Gasteiger partial charge in [0.25, 0.3) is 0 Å². The summed E-state index contributed by atoms with van der Waals surface area (Å²) in [6.45, 7) is 1.87. The Bertz CT molecular complexity index is 1400. The molecule has 0 radical (unpaired) electrons. The van der Waals surface area contributed by atoms with Crippen molar-refractivity contribution in [1.82, 2.24) is 9.88 Å². The second-order valence-corrected chi connectivity index (χ2v) is 10.4. The van der Waals surface area contributed by atoms with E-state index in [4.69, 9.17) is 5.73 Å². The lowest BCUT2D eigenvalue weighted by Gasteiger charge is -2.52. The fourth-order valence-electron chi connectivity index (χ4n) is 6.59. The van der Waals surface area contributed by atoms with E-state index in [1.807, 2.05) is 13.0 Å². The van der Waals surface area contributed by atoms with E-state index in [1.165, 1.54) is 11.0 Å². The Hall–Kier alpha value is -3.76. The molecule has 1 aromatic carbocycles. The Balaban J connectivity index is 1.67. The van der Waals surface area contributed by atoms with Crippen molar-refractivity contribution in [2.75, 3.05) is 14.1 Å². The maximum atomic E-state index is 13.8. The van der Waals surface area contributed by atoms with Gasteiger partial charge in [-0.1, -0.05) is 6.07 Å². The second kappa shape index (κ2) is 8.39. The van der Waals surface area contributed by atoms with Crippen LogP contribution >= 0.6 is 0 Å². The van der Waals surface area contributed by atoms with Gasteiger partial charge in [-0.15, -0.1) is 0 Å². The van der Waals surface area contributed by atoms with Crippen molar-refractivity contribution in [2.24, 2.45) is 29.4 Å². The van der Waals surface area contributed by atoms with Crippen molar-refractivity contribution >= 4 is 29.0 Å². The van der Waals surface area contributed by atoms with Crippen LogP contribution < -0.4 is 5.73 Å². The quantitative estimate of drug-likeness (QED) is 0.495. The van der Waals surface area contributed by atoms with E-state index in [1.54, 1.807) is 32.4 Å². The topological polar surface area (TPSA) is 168 Å². The van der Waals surface area contributed by atoms with Crippen LogP contribution in [0.25, 0.3) is 11.3 Å². The second-order valence-electron chi connectivity index (χ2n) is 10.4. The van der Waals surface area contributed by atoms with Crippen molar-refractivity contribution in [1.29, 1.82) is 0 Å². The van der Waals surface area contributed by atoms with Crippen molar-refractivity contribution in [2.45, 2.75) is 31.4 Å². The molecule has 2 unspecified atom stereocenters. The zero-order valence-electron chi connectivity index (χ0n) is 20.6. The highest BCUT2D eigenvalue weighted by molar-refractivity contribution is 6.32. The van der Waals surface area contributed by atoms with Gasteiger partial charge in [0.15, 0.2) is 34.7 Å². The number of carbonyl (C=O) groups is 5. The number of carbonyl (C=O) groups excluding carboxylic acids is 5. The van der Waals surface area contributed by atoms with Gasteiger partial charge in [0.05, 0.1) is 23.2 Å². The number of aliphatic hydroxyl groups is 1. The predicted molar refractivity (Wildman–Crippen MR) is 129 cm³/mol. The number of primary amides is 1. The molecule has 3 aliphatic rings. The summed E-state index contributed by atoms with van der Waals surface area (Å²) in [6.07, 6.45) is 1.81. The van der Waals surface area contributed by atoms with Crippen LogP contribution in [0.5, 0.6) is 5.75 Å². The number of benzene rings is 1. The molecular weight excluding hydrogens is 478 g/mol. The summed E-state index contributed by atoms with van der Waals surface area (Å²) in [4.78, 5) is 72.1. The number of aromatic hydroxyl groups is 1. The van der Waals surface area contributed by atoms with Gasteiger partial charge in [-0.25, -0.2) is 0 Å². The van der Waals surface area contributed by atoms with Crippen LogP contribution in [-0.2, 0) is 25.6 Å². The lowest BCUT2D eigenvalue weighted by Crippen LogP contribution is -2.74. The number of phenolic OH excluding ortho intramolecular Hbond substituents is 1. The Morgan fingerprint density at radius 2 is 1.84 bits per heavy atom. The molecule has 3 aliphatic carbocycles. The number of phenols is 1. The molecule has 1 heterocycles. The molecule has 1 aromatic heterocycles. The number of aryl methyl sites for hydroxylation is 1. The number of hydrogen-bond acceptors (Lipinski definition) is 9. The summed E-state index contributed by atoms with van der Waals surface area (Å²) in [6, 6.07) is 5.55. The summed E-state index contributed by atoms with van der Waals surface area (Å²) in [7, 11) is 3.10. The first-order valence-corrected chi connectivity index (χ1v) is 12.0. The number of ketones is 4. The molecule has 10 heteroatoms. The number of hydrogen-bond donors (Lipinski definition) is 3. The molecule has 2 fully saturated rings. The van der Waals surface area contributed by atoms with E-state index in [2.05, 4.69) is 4.98 Å². The first-order valence-electron chi connectivity index (χ1n) is 12.0. The lowest BCUT2D eigenvalue weighted by molar-refractivity contribution is -0.181. The average Bonchev–Trinajstić information content (AvgIpc) is 2.82. The van der Waals surface area contributed by atoms with Crippen LogP contribution in [0.3, 0.4) is 0 Å². The molecule has 192 valence electrons. The zero-order chi connectivity index (χ0) is 27.0. The minimum absolute atomic E-state index is 0.000190. The Labute approximate surface area is 212 Å². The summed E-state index contributed by atoms with van der Waals surface area (Å²) < 4.78 is 0. The van der Waals surface area contributed by atoms with Gasteiger partial charge >= 0.3 is 0 Å². The molecule has 0 bridgehead atoms. The highest BCUT2D eigenvalue weighted by Gasteiger charge is 2.69. The number of pyridine rings is 1. The Kier molecular flexibility index (Phi) is 5.65. The highest BCUT2D eigenvalue weighted by Crippen LogP contribution is 2.51. The third-order valence-electron chi connectivity index (χ3n) is 8.21. The number of nitrogens with two attached hydrogens (primary N) is 1. The van der Waals surface area contributed by atoms with Crippen molar-refractivity contribution in [3.05, 3.63) is 47.2 Å². The van der Waals surface area contributed by atoms with Crippen LogP contribution in [0.4, 0.5) is 0 Å². The summed E-state index contributed by atoms with van der Waals surface area (Å²) >= 11 is 0. The molecule has 37 heavy (non-hydrogen) atoms. The van der Waals surface area contributed by atoms with Gasteiger partial charge in [-0.2, -0.15) is 0 Å². The molecule has 1 amide bonds. The fourth-order valence-corrected chi connectivity index (χ4v) is 6.59. The summed E-state index contributed by atoms with van der Waals surface area (Å²) in [5.74, 6) is -10.6. The maximum absolute atomic E-state index is 13.8. The number of amides is 1. The molecule has 2 saturated carbocycles. The number of Topliss-reactive ketones (excluding diaryl/α,β-unsaturated/α-hetero) is 4. The van der Waals surface area contributed by atoms with Gasteiger partial charge in [-0.05, 0) is 69.1 Å². The summed E-state index contributed by atoms with van der Waals surface area (Å²) in [5.41, 5.74) is 5.20. The average molecular weight is 506 g/mol. The van der Waals surface area contributed by atoms with Crippen LogP contribution in [0, 0.1) is 30.6 Å². The maximum Gasteiger partial charge on any atom is 0.235 e. The van der Waals surface area contributed by atoms with E-state index in [0.717, 1.165) is 5.56 Å². The largest absolute Gasteiger partial charge is 0.507 e. The summed E-state index contributed by atoms with van der Waals surface area (Å²) in [5, 5.41) is 22.3. The van der Waals surface area contributed by atoms with Crippen LogP contribution in [0.1, 0.15) is 27.9 Å². The van der Waals surface area contributed by atoms with Gasteiger partial charge in [0.1, 0.15) is 5.75 Å². The van der Waals surface area contributed by atoms with Gasteiger partial charge in [-0.3, -0.25) is 33.9 Å². The van der Waals surface area contributed by atoms with Crippen molar-refractivity contribution in [3.63, 3.8) is 0 Å².